The van der Waals surface area contributed by atoms with Gasteiger partial charge in [-0.1, -0.05) is 23.2 Å². The molecule has 1 N–H and O–H groups in total. The summed E-state index contributed by atoms with van der Waals surface area (Å²) in [5, 5.41) is 3.63. The minimum absolute atomic E-state index is 0.0801. The maximum Gasteiger partial charge on any atom is 0.240 e. The van der Waals surface area contributed by atoms with E-state index in [1.807, 2.05) is 20.8 Å². The summed E-state index contributed by atoms with van der Waals surface area (Å²) in [7, 11) is 0. The highest BCUT2D eigenvalue weighted by Gasteiger charge is 2.20. The monoisotopic (exact) mass is 316 g/mol. The van der Waals surface area contributed by atoms with E-state index in [-0.39, 0.29) is 23.9 Å². The zero-order chi connectivity index (χ0) is 15.5. The van der Waals surface area contributed by atoms with Crippen LogP contribution < -0.4 is 10.2 Å². The summed E-state index contributed by atoms with van der Waals surface area (Å²) in [5.41, 5.74) is 0.143. The Morgan fingerprint density at radius 3 is 2.05 bits per heavy atom. The molecule has 0 saturated heterocycles. The summed E-state index contributed by atoms with van der Waals surface area (Å²) in [6.45, 7) is 6.93. The third kappa shape index (κ3) is 5.39. The number of hydrogen-bond donors (Lipinski definition) is 1. The first-order valence-electron chi connectivity index (χ1n) is 6.14. The Labute approximate surface area is 129 Å². The molecule has 6 heteroatoms. The Hall–Kier alpha value is -1.26. The molecule has 0 radical (unpaired) electrons. The molecule has 0 fully saturated rings. The minimum atomic E-state index is -0.356. The number of carbonyl (C=O) groups is 2. The molecule has 0 unspecified atom stereocenters. The number of benzene rings is 1. The molecular formula is C14H18Cl2N2O2. The molecular weight excluding hydrogens is 299 g/mol. The van der Waals surface area contributed by atoms with Crippen LogP contribution in [0.2, 0.25) is 10.0 Å². The molecule has 0 aromatic heterocycles. The molecule has 0 heterocycles. The zero-order valence-electron chi connectivity index (χ0n) is 12.0. The summed E-state index contributed by atoms with van der Waals surface area (Å²) >= 11 is 11.8. The molecule has 0 atom stereocenters. The van der Waals surface area contributed by atoms with Crippen LogP contribution in [0.4, 0.5) is 5.69 Å². The van der Waals surface area contributed by atoms with Crippen molar-refractivity contribution in [2.75, 3.05) is 11.4 Å². The topological polar surface area (TPSA) is 49.4 Å². The van der Waals surface area contributed by atoms with Crippen molar-refractivity contribution in [3.63, 3.8) is 0 Å². The maximum absolute atomic E-state index is 11.9. The molecule has 0 aliphatic carbocycles. The number of amides is 2. The predicted molar refractivity (Wildman–Crippen MR) is 82.4 cm³/mol. The third-order valence-corrected chi connectivity index (χ3v) is 2.79. The van der Waals surface area contributed by atoms with Gasteiger partial charge < -0.3 is 10.2 Å². The van der Waals surface area contributed by atoms with Gasteiger partial charge in [-0.05, 0) is 39.0 Å². The normalized spacial score (nSPS) is 11.1. The number of hydrogen-bond acceptors (Lipinski definition) is 2. The van der Waals surface area contributed by atoms with Gasteiger partial charge in [0, 0.05) is 28.2 Å². The standard InChI is InChI=1S/C14H18Cl2N2O2/c1-9(19)18(8-13(20)17-14(2,3)4)12-6-10(15)5-11(16)7-12/h5-7H,8H2,1-4H3,(H,17,20). The van der Waals surface area contributed by atoms with Crippen LogP contribution in [0, 0.1) is 0 Å². The molecule has 1 rings (SSSR count). The fourth-order valence-corrected chi connectivity index (χ4v) is 2.20. The number of halogens is 2. The Kier molecular flexibility index (Phi) is 5.42. The molecule has 0 spiro atoms. The molecule has 0 saturated carbocycles. The van der Waals surface area contributed by atoms with Crippen LogP contribution in [-0.4, -0.2) is 23.9 Å². The lowest BCUT2D eigenvalue weighted by molar-refractivity contribution is -0.124. The second kappa shape index (κ2) is 6.46. The van der Waals surface area contributed by atoms with Gasteiger partial charge in [-0.2, -0.15) is 0 Å². The first kappa shape index (κ1) is 16.8. The first-order chi connectivity index (χ1) is 9.08. The van der Waals surface area contributed by atoms with E-state index in [0.717, 1.165) is 0 Å². The van der Waals surface area contributed by atoms with Gasteiger partial charge in [0.1, 0.15) is 6.54 Å². The van der Waals surface area contributed by atoms with Gasteiger partial charge in [0.25, 0.3) is 0 Å². The van der Waals surface area contributed by atoms with Gasteiger partial charge in [-0.25, -0.2) is 0 Å². The Morgan fingerprint density at radius 2 is 1.65 bits per heavy atom. The molecule has 0 bridgehead atoms. The number of nitrogens with one attached hydrogen (secondary N) is 1. The van der Waals surface area contributed by atoms with E-state index in [2.05, 4.69) is 5.32 Å². The number of carbonyl (C=O) groups excluding carboxylic acids is 2. The van der Waals surface area contributed by atoms with Gasteiger partial charge in [-0.15, -0.1) is 0 Å². The number of anilines is 1. The molecule has 2 amide bonds. The predicted octanol–water partition coefficient (Wildman–Crippen LogP) is 3.26. The van der Waals surface area contributed by atoms with Crippen molar-refractivity contribution in [2.45, 2.75) is 33.2 Å². The minimum Gasteiger partial charge on any atom is -0.350 e. The van der Waals surface area contributed by atoms with Gasteiger partial charge in [0.15, 0.2) is 0 Å². The van der Waals surface area contributed by atoms with Crippen molar-refractivity contribution in [3.8, 4) is 0 Å². The lowest BCUT2D eigenvalue weighted by atomic mass is 10.1. The van der Waals surface area contributed by atoms with Crippen LogP contribution in [-0.2, 0) is 9.59 Å². The van der Waals surface area contributed by atoms with Crippen molar-refractivity contribution in [3.05, 3.63) is 28.2 Å². The average molecular weight is 317 g/mol. The molecule has 0 aliphatic heterocycles. The summed E-state index contributed by atoms with van der Waals surface area (Å²) < 4.78 is 0. The van der Waals surface area contributed by atoms with Gasteiger partial charge in [0.05, 0.1) is 0 Å². The van der Waals surface area contributed by atoms with E-state index in [0.29, 0.717) is 15.7 Å². The SMILES string of the molecule is CC(=O)N(CC(=O)NC(C)(C)C)c1cc(Cl)cc(Cl)c1. The summed E-state index contributed by atoms with van der Waals surface area (Å²) in [5.74, 6) is -0.504. The van der Waals surface area contributed by atoms with Gasteiger partial charge >= 0.3 is 0 Å². The first-order valence-corrected chi connectivity index (χ1v) is 6.89. The highest BCUT2D eigenvalue weighted by atomic mass is 35.5. The van der Waals surface area contributed by atoms with E-state index in [1.165, 1.54) is 11.8 Å². The van der Waals surface area contributed by atoms with Crippen molar-refractivity contribution in [2.24, 2.45) is 0 Å². The maximum atomic E-state index is 11.9. The second-order valence-corrected chi connectivity index (χ2v) is 6.40. The zero-order valence-corrected chi connectivity index (χ0v) is 13.5. The Morgan fingerprint density at radius 1 is 1.15 bits per heavy atom. The van der Waals surface area contributed by atoms with E-state index >= 15 is 0 Å². The third-order valence-electron chi connectivity index (χ3n) is 2.36. The fourth-order valence-electron chi connectivity index (χ4n) is 1.68. The van der Waals surface area contributed by atoms with E-state index in [9.17, 15) is 9.59 Å². The van der Waals surface area contributed by atoms with Crippen LogP contribution in [0.3, 0.4) is 0 Å². The molecule has 110 valence electrons. The molecule has 1 aromatic carbocycles. The van der Waals surface area contributed by atoms with Crippen LogP contribution in [0.15, 0.2) is 18.2 Å². The molecule has 20 heavy (non-hydrogen) atoms. The molecule has 4 nitrogen and oxygen atoms in total. The highest BCUT2D eigenvalue weighted by molar-refractivity contribution is 6.35. The molecule has 0 aliphatic rings. The molecule has 1 aromatic rings. The lowest BCUT2D eigenvalue weighted by Gasteiger charge is -2.25. The number of rotatable bonds is 3. The largest absolute Gasteiger partial charge is 0.350 e. The van der Waals surface area contributed by atoms with E-state index in [1.54, 1.807) is 18.2 Å². The van der Waals surface area contributed by atoms with E-state index < -0.39 is 0 Å². The summed E-state index contributed by atoms with van der Waals surface area (Å²) in [6.07, 6.45) is 0. The van der Waals surface area contributed by atoms with Crippen LogP contribution >= 0.6 is 23.2 Å². The Balaban J connectivity index is 2.95. The quantitative estimate of drug-likeness (QED) is 0.930. The van der Waals surface area contributed by atoms with Crippen molar-refractivity contribution < 1.29 is 9.59 Å². The van der Waals surface area contributed by atoms with Gasteiger partial charge in [-0.3, -0.25) is 9.59 Å². The smallest absolute Gasteiger partial charge is 0.240 e. The second-order valence-electron chi connectivity index (χ2n) is 5.53. The van der Waals surface area contributed by atoms with Crippen molar-refractivity contribution in [1.29, 1.82) is 0 Å². The Bertz CT molecular complexity index is 504. The van der Waals surface area contributed by atoms with Crippen LogP contribution in [0.1, 0.15) is 27.7 Å². The highest BCUT2D eigenvalue weighted by Crippen LogP contribution is 2.25. The van der Waals surface area contributed by atoms with Crippen molar-refractivity contribution >= 4 is 40.7 Å². The summed E-state index contributed by atoms with van der Waals surface area (Å²) in [4.78, 5) is 25.0. The summed E-state index contributed by atoms with van der Waals surface area (Å²) in [6, 6.07) is 4.76. The van der Waals surface area contributed by atoms with Crippen LogP contribution in [0.5, 0.6) is 0 Å². The van der Waals surface area contributed by atoms with Crippen molar-refractivity contribution in [1.82, 2.24) is 5.32 Å². The van der Waals surface area contributed by atoms with Crippen LogP contribution in [0.25, 0.3) is 0 Å². The average Bonchev–Trinajstić information content (AvgIpc) is 2.21. The van der Waals surface area contributed by atoms with E-state index in [4.69, 9.17) is 23.2 Å². The number of nitrogens with zero attached hydrogens (tertiary/aromatic N) is 1. The fraction of sp³-hybridized carbons (Fsp3) is 0.429. The lowest BCUT2D eigenvalue weighted by Crippen LogP contribution is -2.47. The van der Waals surface area contributed by atoms with Gasteiger partial charge in [0.2, 0.25) is 11.8 Å².